The summed E-state index contributed by atoms with van der Waals surface area (Å²) < 4.78 is 5.30. The van der Waals surface area contributed by atoms with Gasteiger partial charge in [0.2, 0.25) is 5.13 Å². The van der Waals surface area contributed by atoms with Crippen molar-refractivity contribution >= 4 is 45.9 Å². The number of non-ortho nitro benzene ring substituents is 1. The number of nitro groups is 1. The van der Waals surface area contributed by atoms with Gasteiger partial charge in [-0.3, -0.25) is 15.5 Å². The normalized spacial score (nSPS) is 10.8. The molecule has 0 spiro atoms. The Morgan fingerprint density at radius 1 is 1.06 bits per heavy atom. The van der Waals surface area contributed by atoms with Gasteiger partial charge >= 0.3 is 5.97 Å². The third-order valence-electron chi connectivity index (χ3n) is 4.42. The van der Waals surface area contributed by atoms with Gasteiger partial charge in [0.25, 0.3) is 5.69 Å². The van der Waals surface area contributed by atoms with E-state index in [4.69, 9.17) is 16.3 Å². The highest BCUT2D eigenvalue weighted by Crippen LogP contribution is 2.26. The number of hydrogen-bond acceptors (Lipinski definition) is 8. The molecule has 8 nitrogen and oxygen atoms in total. The van der Waals surface area contributed by atoms with Gasteiger partial charge in [-0.25, -0.2) is 9.78 Å². The molecule has 1 N–H and O–H groups in total. The first-order chi connectivity index (χ1) is 16.0. The number of aromatic nitrogens is 1. The van der Waals surface area contributed by atoms with Crippen LogP contribution in [0, 0.1) is 10.1 Å². The molecule has 0 saturated carbocycles. The third kappa shape index (κ3) is 5.79. The molecule has 0 amide bonds. The molecule has 0 saturated heterocycles. The molecule has 33 heavy (non-hydrogen) atoms. The smallest absolute Gasteiger partial charge is 0.343 e. The van der Waals surface area contributed by atoms with E-state index >= 15 is 0 Å². The number of carbonyl (C=O) groups is 1. The minimum Gasteiger partial charge on any atom is -0.423 e. The van der Waals surface area contributed by atoms with Crippen LogP contribution in [0.4, 0.5) is 10.8 Å². The Bertz CT molecular complexity index is 1300. The van der Waals surface area contributed by atoms with Gasteiger partial charge in [0.1, 0.15) is 5.75 Å². The summed E-state index contributed by atoms with van der Waals surface area (Å²) in [7, 11) is 0. The van der Waals surface area contributed by atoms with Crippen LogP contribution in [0.5, 0.6) is 5.75 Å². The van der Waals surface area contributed by atoms with Crippen molar-refractivity contribution in [3.05, 3.63) is 104 Å². The molecule has 0 unspecified atom stereocenters. The van der Waals surface area contributed by atoms with E-state index in [0.717, 1.165) is 16.8 Å². The van der Waals surface area contributed by atoms with Crippen LogP contribution < -0.4 is 10.2 Å². The number of anilines is 1. The predicted octanol–water partition coefficient (Wildman–Crippen LogP) is 6.04. The van der Waals surface area contributed by atoms with Crippen LogP contribution in [0.25, 0.3) is 11.3 Å². The molecule has 0 bridgehead atoms. The predicted molar refractivity (Wildman–Crippen MR) is 128 cm³/mol. The van der Waals surface area contributed by atoms with Crippen LogP contribution in [-0.4, -0.2) is 22.1 Å². The molecule has 0 atom stereocenters. The van der Waals surface area contributed by atoms with Crippen molar-refractivity contribution in [2.24, 2.45) is 5.10 Å². The number of nitrogens with zero attached hydrogens (tertiary/aromatic N) is 3. The lowest BCUT2D eigenvalue weighted by atomic mass is 10.2. The fourth-order valence-electron chi connectivity index (χ4n) is 2.75. The summed E-state index contributed by atoms with van der Waals surface area (Å²) in [5, 5.41) is 18.1. The summed E-state index contributed by atoms with van der Waals surface area (Å²) in [6, 6.07) is 19.4. The van der Waals surface area contributed by atoms with Gasteiger partial charge in [-0.1, -0.05) is 23.7 Å². The number of esters is 1. The van der Waals surface area contributed by atoms with Crippen LogP contribution in [0.15, 0.2) is 83.3 Å². The van der Waals surface area contributed by atoms with Gasteiger partial charge in [-0.15, -0.1) is 11.3 Å². The Morgan fingerprint density at radius 3 is 2.42 bits per heavy atom. The number of hydrogen-bond donors (Lipinski definition) is 1. The highest BCUT2D eigenvalue weighted by atomic mass is 35.5. The summed E-state index contributed by atoms with van der Waals surface area (Å²) in [5.74, 6) is -0.260. The molecule has 0 aliphatic rings. The van der Waals surface area contributed by atoms with Gasteiger partial charge in [0.05, 0.1) is 22.4 Å². The lowest BCUT2D eigenvalue weighted by Crippen LogP contribution is -2.08. The topological polar surface area (TPSA) is 107 Å². The van der Waals surface area contributed by atoms with E-state index in [1.165, 1.54) is 35.6 Å². The van der Waals surface area contributed by atoms with Crippen molar-refractivity contribution in [3.63, 3.8) is 0 Å². The van der Waals surface area contributed by atoms with Crippen LogP contribution in [0.3, 0.4) is 0 Å². The zero-order valence-electron chi connectivity index (χ0n) is 16.8. The molecule has 164 valence electrons. The molecule has 4 aromatic rings. The maximum absolute atomic E-state index is 12.2. The van der Waals surface area contributed by atoms with Gasteiger partial charge in [0.15, 0.2) is 0 Å². The van der Waals surface area contributed by atoms with E-state index in [-0.39, 0.29) is 11.3 Å². The van der Waals surface area contributed by atoms with Crippen molar-refractivity contribution in [2.45, 2.75) is 0 Å². The molecule has 0 radical (unpaired) electrons. The maximum atomic E-state index is 12.2. The number of thiazole rings is 1. The SMILES string of the molecule is O=C(Oc1ccc(/C=N\Nc2nc(-c3ccc(Cl)cc3)cs2)cc1)c1ccc([N+](=O)[O-])cc1. The minimum atomic E-state index is -0.603. The zero-order valence-corrected chi connectivity index (χ0v) is 18.4. The van der Waals surface area contributed by atoms with Gasteiger partial charge < -0.3 is 4.74 Å². The van der Waals surface area contributed by atoms with Crippen molar-refractivity contribution < 1.29 is 14.5 Å². The summed E-state index contributed by atoms with van der Waals surface area (Å²) in [6.07, 6.45) is 1.62. The van der Waals surface area contributed by atoms with E-state index in [9.17, 15) is 14.9 Å². The molecular weight excluding hydrogens is 464 g/mol. The van der Waals surface area contributed by atoms with Crippen molar-refractivity contribution in [2.75, 3.05) is 5.43 Å². The molecule has 0 aliphatic heterocycles. The molecule has 1 heterocycles. The number of carbonyl (C=O) groups excluding carboxylic acids is 1. The number of ether oxygens (including phenoxy) is 1. The number of benzene rings is 3. The fourth-order valence-corrected chi connectivity index (χ4v) is 3.54. The van der Waals surface area contributed by atoms with Crippen molar-refractivity contribution in [1.82, 2.24) is 4.98 Å². The summed E-state index contributed by atoms with van der Waals surface area (Å²) in [4.78, 5) is 26.8. The number of hydrazone groups is 1. The molecular formula is C23H15ClN4O4S. The second-order valence-corrected chi connectivity index (χ2v) is 7.97. The monoisotopic (exact) mass is 478 g/mol. The van der Waals surface area contributed by atoms with E-state index in [1.807, 2.05) is 29.6 Å². The van der Waals surface area contributed by atoms with E-state index in [1.54, 1.807) is 30.5 Å². The van der Waals surface area contributed by atoms with E-state index in [0.29, 0.717) is 15.9 Å². The average Bonchev–Trinajstić information content (AvgIpc) is 3.29. The average molecular weight is 479 g/mol. The first-order valence-corrected chi connectivity index (χ1v) is 10.8. The Kier molecular flexibility index (Phi) is 6.72. The molecule has 4 rings (SSSR count). The third-order valence-corrected chi connectivity index (χ3v) is 5.42. The van der Waals surface area contributed by atoms with E-state index < -0.39 is 10.9 Å². The first-order valence-electron chi connectivity index (χ1n) is 9.55. The fraction of sp³-hybridized carbons (Fsp3) is 0. The van der Waals surface area contributed by atoms with Crippen molar-refractivity contribution in [1.29, 1.82) is 0 Å². The van der Waals surface area contributed by atoms with Crippen LogP contribution in [0.1, 0.15) is 15.9 Å². The number of rotatable bonds is 7. The van der Waals surface area contributed by atoms with E-state index in [2.05, 4.69) is 15.5 Å². The Morgan fingerprint density at radius 2 is 1.76 bits per heavy atom. The maximum Gasteiger partial charge on any atom is 0.343 e. The molecule has 3 aromatic carbocycles. The summed E-state index contributed by atoms with van der Waals surface area (Å²) in [5.41, 5.74) is 5.59. The van der Waals surface area contributed by atoms with Crippen molar-refractivity contribution in [3.8, 4) is 17.0 Å². The molecule has 0 fully saturated rings. The number of nitro benzene ring substituents is 1. The quantitative estimate of drug-likeness (QED) is 0.114. The summed E-state index contributed by atoms with van der Waals surface area (Å²) >= 11 is 7.34. The number of nitrogens with one attached hydrogen (secondary N) is 1. The number of halogens is 1. The lowest BCUT2D eigenvalue weighted by Gasteiger charge is -2.04. The van der Waals surface area contributed by atoms with Gasteiger partial charge in [0, 0.05) is 28.1 Å². The highest BCUT2D eigenvalue weighted by molar-refractivity contribution is 7.14. The zero-order chi connectivity index (χ0) is 23.2. The molecule has 0 aliphatic carbocycles. The standard InChI is InChI=1S/C23H15ClN4O4S/c24-18-7-3-16(4-8-18)21-14-33-23(26-21)27-25-13-15-1-11-20(12-2-15)32-22(29)17-5-9-19(10-6-17)28(30)31/h1-14H,(H,26,27)/b25-13-. The molecule has 1 aromatic heterocycles. The Hall–Kier alpha value is -4.08. The lowest BCUT2D eigenvalue weighted by molar-refractivity contribution is -0.384. The van der Waals surface area contributed by atoms with Crippen LogP contribution >= 0.6 is 22.9 Å². The van der Waals surface area contributed by atoms with Gasteiger partial charge in [-0.05, 0) is 54.1 Å². The summed E-state index contributed by atoms with van der Waals surface area (Å²) in [6.45, 7) is 0. The molecule has 10 heteroatoms. The van der Waals surface area contributed by atoms with Gasteiger partial charge in [-0.2, -0.15) is 5.10 Å². The second kappa shape index (κ2) is 10.0. The van der Waals surface area contributed by atoms with Crippen LogP contribution in [-0.2, 0) is 0 Å². The highest BCUT2D eigenvalue weighted by Gasteiger charge is 2.11. The second-order valence-electron chi connectivity index (χ2n) is 6.68. The Balaban J connectivity index is 1.32. The Labute approximate surface area is 197 Å². The largest absolute Gasteiger partial charge is 0.423 e. The minimum absolute atomic E-state index is 0.0947. The van der Waals surface area contributed by atoms with Crippen LogP contribution in [0.2, 0.25) is 5.02 Å². The first kappa shape index (κ1) is 22.1.